The van der Waals surface area contributed by atoms with Gasteiger partial charge < -0.3 is 9.47 Å². The Balaban J connectivity index is 1.92. The Morgan fingerprint density at radius 3 is 2.31 bits per heavy atom. The minimum Gasteiger partial charge on any atom is -0.497 e. The van der Waals surface area contributed by atoms with Gasteiger partial charge in [0.2, 0.25) is 0 Å². The normalized spacial score (nSPS) is 10.4. The highest BCUT2D eigenvalue weighted by atomic mass is 35.5. The van der Waals surface area contributed by atoms with Gasteiger partial charge in [-0.15, -0.1) is 0 Å². The molecular weight excluding hydrogens is 354 g/mol. The number of methoxy groups -OCH3 is 1. The van der Waals surface area contributed by atoms with Crippen molar-refractivity contribution in [1.29, 1.82) is 0 Å². The molecule has 5 nitrogen and oxygen atoms in total. The van der Waals surface area contributed by atoms with Gasteiger partial charge >= 0.3 is 0 Å². The first-order valence-corrected chi connectivity index (χ1v) is 8.25. The van der Waals surface area contributed by atoms with E-state index in [-0.39, 0.29) is 5.69 Å². The number of halogens is 1. The summed E-state index contributed by atoms with van der Waals surface area (Å²) in [7, 11) is 1.59. The van der Waals surface area contributed by atoms with Crippen LogP contribution in [-0.2, 0) is 6.61 Å². The molecule has 0 saturated heterocycles. The van der Waals surface area contributed by atoms with E-state index in [1.54, 1.807) is 37.4 Å². The zero-order valence-electron chi connectivity index (χ0n) is 14.0. The van der Waals surface area contributed by atoms with E-state index in [1.807, 2.05) is 24.3 Å². The van der Waals surface area contributed by atoms with Crippen LogP contribution in [0.3, 0.4) is 0 Å². The van der Waals surface area contributed by atoms with Crippen molar-refractivity contribution >= 4 is 17.3 Å². The van der Waals surface area contributed by atoms with E-state index in [0.29, 0.717) is 28.7 Å². The van der Waals surface area contributed by atoms with Crippen LogP contribution >= 0.6 is 11.6 Å². The maximum absolute atomic E-state index is 11.1. The van der Waals surface area contributed by atoms with Crippen molar-refractivity contribution in [2.24, 2.45) is 0 Å². The lowest BCUT2D eigenvalue weighted by Crippen LogP contribution is -1.98. The predicted octanol–water partition coefficient (Wildman–Crippen LogP) is 5.50. The van der Waals surface area contributed by atoms with Gasteiger partial charge in [-0.3, -0.25) is 10.1 Å². The third-order valence-electron chi connectivity index (χ3n) is 3.88. The van der Waals surface area contributed by atoms with Gasteiger partial charge in [-0.1, -0.05) is 35.9 Å². The van der Waals surface area contributed by atoms with Crippen LogP contribution in [0.15, 0.2) is 66.7 Å². The summed E-state index contributed by atoms with van der Waals surface area (Å²) in [6, 6.07) is 19.2. The number of nitro benzene ring substituents is 1. The smallest absolute Gasteiger partial charge is 0.270 e. The molecule has 0 aliphatic heterocycles. The lowest BCUT2D eigenvalue weighted by molar-refractivity contribution is -0.384. The number of ether oxygens (including phenoxy) is 2. The molecule has 0 aromatic heterocycles. The van der Waals surface area contributed by atoms with Crippen molar-refractivity contribution < 1.29 is 14.4 Å². The van der Waals surface area contributed by atoms with E-state index in [1.165, 1.54) is 12.1 Å². The average molecular weight is 370 g/mol. The lowest BCUT2D eigenvalue weighted by atomic mass is 10.0. The zero-order valence-corrected chi connectivity index (χ0v) is 14.8. The maximum Gasteiger partial charge on any atom is 0.270 e. The van der Waals surface area contributed by atoms with Gasteiger partial charge in [-0.25, -0.2) is 0 Å². The molecule has 0 spiro atoms. The van der Waals surface area contributed by atoms with Crippen molar-refractivity contribution in [3.05, 3.63) is 87.4 Å². The van der Waals surface area contributed by atoms with Gasteiger partial charge in [-0.2, -0.15) is 0 Å². The predicted molar refractivity (Wildman–Crippen MR) is 101 cm³/mol. The number of benzene rings is 3. The molecule has 26 heavy (non-hydrogen) atoms. The SMILES string of the molecule is COc1ccc(-c2cc([N+](=O)[O-])ccc2OCc2ccc(Cl)cc2)cc1. The molecule has 0 fully saturated rings. The highest BCUT2D eigenvalue weighted by Crippen LogP contribution is 2.34. The summed E-state index contributed by atoms with van der Waals surface area (Å²) in [6.07, 6.45) is 0. The van der Waals surface area contributed by atoms with Crippen molar-refractivity contribution in [2.75, 3.05) is 7.11 Å². The highest BCUT2D eigenvalue weighted by molar-refractivity contribution is 6.30. The molecule has 3 aromatic carbocycles. The first-order valence-electron chi connectivity index (χ1n) is 7.87. The van der Waals surface area contributed by atoms with Crippen LogP contribution in [0.4, 0.5) is 5.69 Å². The second-order valence-electron chi connectivity index (χ2n) is 5.58. The third-order valence-corrected chi connectivity index (χ3v) is 4.13. The highest BCUT2D eigenvalue weighted by Gasteiger charge is 2.14. The van der Waals surface area contributed by atoms with E-state index < -0.39 is 4.92 Å². The Bertz CT molecular complexity index is 908. The lowest BCUT2D eigenvalue weighted by Gasteiger charge is -2.12. The number of non-ortho nitro benzene ring substituents is 1. The molecule has 0 aliphatic carbocycles. The number of hydrogen-bond acceptors (Lipinski definition) is 4. The first kappa shape index (κ1) is 17.8. The number of nitro groups is 1. The van der Waals surface area contributed by atoms with E-state index in [4.69, 9.17) is 21.1 Å². The fraction of sp³-hybridized carbons (Fsp3) is 0.100. The summed E-state index contributed by atoms with van der Waals surface area (Å²) in [4.78, 5) is 10.7. The first-order chi connectivity index (χ1) is 12.6. The molecule has 6 heteroatoms. The number of nitrogens with zero attached hydrogens (tertiary/aromatic N) is 1. The molecule has 132 valence electrons. The second kappa shape index (κ2) is 7.89. The molecule has 0 amide bonds. The topological polar surface area (TPSA) is 61.6 Å². The molecule has 3 rings (SSSR count). The van der Waals surface area contributed by atoms with Crippen molar-refractivity contribution in [3.63, 3.8) is 0 Å². The molecule has 0 radical (unpaired) electrons. The summed E-state index contributed by atoms with van der Waals surface area (Å²) >= 11 is 5.89. The van der Waals surface area contributed by atoms with E-state index >= 15 is 0 Å². The molecular formula is C20H16ClNO4. The average Bonchev–Trinajstić information content (AvgIpc) is 2.67. The Hall–Kier alpha value is -3.05. The van der Waals surface area contributed by atoms with Gasteiger partial charge in [0.05, 0.1) is 12.0 Å². The van der Waals surface area contributed by atoms with Crippen molar-refractivity contribution in [1.82, 2.24) is 0 Å². The van der Waals surface area contributed by atoms with Crippen molar-refractivity contribution in [3.8, 4) is 22.6 Å². The van der Waals surface area contributed by atoms with E-state index in [0.717, 1.165) is 11.1 Å². The van der Waals surface area contributed by atoms with Gasteiger partial charge in [0.15, 0.2) is 0 Å². The molecule has 0 saturated carbocycles. The molecule has 0 heterocycles. The minimum absolute atomic E-state index is 0.00895. The molecule has 0 unspecified atom stereocenters. The quantitative estimate of drug-likeness (QED) is 0.425. The van der Waals surface area contributed by atoms with Gasteiger partial charge in [0.25, 0.3) is 5.69 Å². The molecule has 0 atom stereocenters. The summed E-state index contributed by atoms with van der Waals surface area (Å²) in [5.41, 5.74) is 2.42. The van der Waals surface area contributed by atoms with E-state index in [2.05, 4.69) is 0 Å². The van der Waals surface area contributed by atoms with Gasteiger partial charge in [-0.05, 0) is 41.5 Å². The fourth-order valence-corrected chi connectivity index (χ4v) is 2.62. The van der Waals surface area contributed by atoms with Crippen LogP contribution in [0.2, 0.25) is 5.02 Å². The Morgan fingerprint density at radius 2 is 1.69 bits per heavy atom. The molecule has 3 aromatic rings. The largest absolute Gasteiger partial charge is 0.497 e. The standard InChI is InChI=1S/C20H16ClNO4/c1-25-18-9-4-15(5-10-18)19-12-17(22(23)24)8-11-20(19)26-13-14-2-6-16(21)7-3-14/h2-12H,13H2,1H3. The van der Waals surface area contributed by atoms with Crippen LogP contribution in [0.25, 0.3) is 11.1 Å². The van der Waals surface area contributed by atoms with Crippen LogP contribution in [0, 0.1) is 10.1 Å². The monoisotopic (exact) mass is 369 g/mol. The summed E-state index contributed by atoms with van der Waals surface area (Å²) in [6.45, 7) is 0.331. The summed E-state index contributed by atoms with van der Waals surface area (Å²) in [5.74, 6) is 1.28. The van der Waals surface area contributed by atoms with Crippen LogP contribution in [-0.4, -0.2) is 12.0 Å². The fourth-order valence-electron chi connectivity index (χ4n) is 2.50. The Kier molecular flexibility index (Phi) is 5.39. The molecule has 0 N–H and O–H groups in total. The number of rotatable bonds is 6. The molecule has 0 aliphatic rings. The van der Waals surface area contributed by atoms with Crippen LogP contribution < -0.4 is 9.47 Å². The van der Waals surface area contributed by atoms with E-state index in [9.17, 15) is 10.1 Å². The Morgan fingerprint density at radius 1 is 1.00 bits per heavy atom. The van der Waals surface area contributed by atoms with Crippen LogP contribution in [0.1, 0.15) is 5.56 Å². The maximum atomic E-state index is 11.1. The zero-order chi connectivity index (χ0) is 18.5. The summed E-state index contributed by atoms with van der Waals surface area (Å²) in [5, 5.41) is 11.8. The van der Waals surface area contributed by atoms with Crippen LogP contribution in [0.5, 0.6) is 11.5 Å². The molecule has 0 bridgehead atoms. The second-order valence-corrected chi connectivity index (χ2v) is 6.02. The minimum atomic E-state index is -0.421. The Labute approximate surface area is 155 Å². The van der Waals surface area contributed by atoms with Crippen molar-refractivity contribution in [2.45, 2.75) is 6.61 Å². The van der Waals surface area contributed by atoms with Gasteiger partial charge in [0.1, 0.15) is 18.1 Å². The summed E-state index contributed by atoms with van der Waals surface area (Å²) < 4.78 is 11.1. The van der Waals surface area contributed by atoms with Gasteiger partial charge in [0, 0.05) is 22.7 Å². The third kappa shape index (κ3) is 4.13. The number of hydrogen-bond donors (Lipinski definition) is 0.